The predicted molar refractivity (Wildman–Crippen MR) is 68.5 cm³/mol. The van der Waals surface area contributed by atoms with Gasteiger partial charge >= 0.3 is 0 Å². The van der Waals surface area contributed by atoms with Crippen LogP contribution in [0.15, 0.2) is 30.6 Å². The van der Waals surface area contributed by atoms with E-state index in [0.29, 0.717) is 17.3 Å². The van der Waals surface area contributed by atoms with Crippen molar-refractivity contribution in [2.24, 2.45) is 0 Å². The van der Waals surface area contributed by atoms with Crippen LogP contribution in [0, 0.1) is 11.3 Å². The highest BCUT2D eigenvalue weighted by molar-refractivity contribution is 5.58. The summed E-state index contributed by atoms with van der Waals surface area (Å²) in [4.78, 5) is 3.95. The second-order valence-electron chi connectivity index (χ2n) is 4.12. The number of benzene rings is 1. The van der Waals surface area contributed by atoms with E-state index in [1.54, 1.807) is 29.1 Å². The first kappa shape index (κ1) is 12.0. The Morgan fingerprint density at radius 3 is 2.89 bits per heavy atom. The zero-order valence-corrected chi connectivity index (χ0v) is 10.3. The molecule has 0 atom stereocenters. The number of hydrogen-bond acceptors (Lipinski definition) is 4. The number of nitrogens with zero attached hydrogens (tertiary/aromatic N) is 3. The average molecular weight is 242 g/mol. The molecule has 2 rings (SSSR count). The molecule has 2 N–H and O–H groups in total. The van der Waals surface area contributed by atoms with Gasteiger partial charge in [0.2, 0.25) is 5.82 Å². The standard InChI is InChI=1S/C13H14N4O/c1-9(2)18-12-7-10(3-4-11(12)15)17-6-5-16-13(17)8-14/h3-7,9H,15H2,1-2H3. The van der Waals surface area contributed by atoms with Crippen molar-refractivity contribution < 1.29 is 4.74 Å². The Kier molecular flexibility index (Phi) is 3.20. The summed E-state index contributed by atoms with van der Waals surface area (Å²) in [7, 11) is 0. The highest BCUT2D eigenvalue weighted by Crippen LogP contribution is 2.26. The van der Waals surface area contributed by atoms with Gasteiger partial charge in [-0.2, -0.15) is 5.26 Å². The van der Waals surface area contributed by atoms with Crippen molar-refractivity contribution in [2.75, 3.05) is 5.73 Å². The molecule has 0 aliphatic rings. The second-order valence-corrected chi connectivity index (χ2v) is 4.12. The molecule has 0 unspecified atom stereocenters. The summed E-state index contributed by atoms with van der Waals surface area (Å²) in [6.45, 7) is 3.87. The van der Waals surface area contributed by atoms with E-state index < -0.39 is 0 Å². The zero-order chi connectivity index (χ0) is 13.1. The van der Waals surface area contributed by atoms with Crippen LogP contribution in [-0.2, 0) is 0 Å². The van der Waals surface area contributed by atoms with E-state index in [9.17, 15) is 0 Å². The largest absolute Gasteiger partial charge is 0.489 e. The molecule has 0 fully saturated rings. The number of nitriles is 1. The van der Waals surface area contributed by atoms with E-state index in [4.69, 9.17) is 15.7 Å². The third-order valence-electron chi connectivity index (χ3n) is 2.38. The summed E-state index contributed by atoms with van der Waals surface area (Å²) in [6, 6.07) is 7.41. The van der Waals surface area contributed by atoms with Crippen molar-refractivity contribution >= 4 is 5.69 Å². The van der Waals surface area contributed by atoms with Crippen LogP contribution in [-0.4, -0.2) is 15.7 Å². The molecule has 1 aromatic heterocycles. The SMILES string of the molecule is CC(C)Oc1cc(-n2ccnc2C#N)ccc1N. The van der Waals surface area contributed by atoms with E-state index in [2.05, 4.69) is 4.98 Å². The topological polar surface area (TPSA) is 76.9 Å². The number of anilines is 1. The molecule has 0 aliphatic carbocycles. The predicted octanol–water partition coefficient (Wildman–Crippen LogP) is 2.11. The first-order chi connectivity index (χ1) is 8.61. The lowest BCUT2D eigenvalue weighted by Crippen LogP contribution is -2.08. The van der Waals surface area contributed by atoms with Gasteiger partial charge in [0.25, 0.3) is 0 Å². The molecule has 0 aliphatic heterocycles. The van der Waals surface area contributed by atoms with Gasteiger partial charge in [-0.3, -0.25) is 4.57 Å². The molecular formula is C13H14N4O. The lowest BCUT2D eigenvalue weighted by molar-refractivity contribution is 0.244. The molecule has 18 heavy (non-hydrogen) atoms. The van der Waals surface area contributed by atoms with Crippen LogP contribution in [0.3, 0.4) is 0 Å². The number of ether oxygens (including phenoxy) is 1. The Balaban J connectivity index is 2.44. The molecule has 0 spiro atoms. The Bertz CT molecular complexity index is 595. The number of imidazole rings is 1. The van der Waals surface area contributed by atoms with Crippen LogP contribution in [0.4, 0.5) is 5.69 Å². The first-order valence-corrected chi connectivity index (χ1v) is 5.62. The molecule has 5 heteroatoms. The number of aromatic nitrogens is 2. The fourth-order valence-corrected chi connectivity index (χ4v) is 1.62. The van der Waals surface area contributed by atoms with Gasteiger partial charge in [-0.25, -0.2) is 4.98 Å². The first-order valence-electron chi connectivity index (χ1n) is 5.62. The van der Waals surface area contributed by atoms with Crippen molar-refractivity contribution in [3.05, 3.63) is 36.4 Å². The minimum atomic E-state index is 0.0424. The molecule has 2 aromatic rings. The van der Waals surface area contributed by atoms with Crippen molar-refractivity contribution in [1.82, 2.24) is 9.55 Å². The van der Waals surface area contributed by atoms with Gasteiger partial charge in [0, 0.05) is 18.5 Å². The van der Waals surface area contributed by atoms with Crippen LogP contribution in [0.1, 0.15) is 19.7 Å². The Morgan fingerprint density at radius 2 is 2.22 bits per heavy atom. The average Bonchev–Trinajstić information content (AvgIpc) is 2.79. The minimum absolute atomic E-state index is 0.0424. The van der Waals surface area contributed by atoms with Gasteiger partial charge in [0.1, 0.15) is 11.8 Å². The maximum Gasteiger partial charge on any atom is 0.217 e. The molecule has 0 amide bonds. The van der Waals surface area contributed by atoms with Crippen LogP contribution >= 0.6 is 0 Å². The van der Waals surface area contributed by atoms with E-state index in [1.165, 1.54) is 0 Å². The Hall–Kier alpha value is -2.48. The second kappa shape index (κ2) is 4.80. The van der Waals surface area contributed by atoms with Gasteiger partial charge in [-0.15, -0.1) is 0 Å². The smallest absolute Gasteiger partial charge is 0.217 e. The van der Waals surface area contributed by atoms with Gasteiger partial charge < -0.3 is 10.5 Å². The van der Waals surface area contributed by atoms with Crippen LogP contribution in [0.2, 0.25) is 0 Å². The monoisotopic (exact) mass is 242 g/mol. The summed E-state index contributed by atoms with van der Waals surface area (Å²) in [6.07, 6.45) is 3.35. The summed E-state index contributed by atoms with van der Waals surface area (Å²) in [5.41, 5.74) is 7.22. The maximum absolute atomic E-state index is 8.95. The lowest BCUT2D eigenvalue weighted by Gasteiger charge is -2.14. The summed E-state index contributed by atoms with van der Waals surface area (Å²) in [5.74, 6) is 0.940. The van der Waals surface area contributed by atoms with Crippen molar-refractivity contribution in [3.8, 4) is 17.5 Å². The molecule has 5 nitrogen and oxygen atoms in total. The molecule has 1 aromatic carbocycles. The molecule has 0 saturated carbocycles. The van der Waals surface area contributed by atoms with E-state index in [-0.39, 0.29) is 6.10 Å². The third kappa shape index (κ3) is 2.28. The van der Waals surface area contributed by atoms with Crippen molar-refractivity contribution in [1.29, 1.82) is 5.26 Å². The molecule has 0 bridgehead atoms. The summed E-state index contributed by atoms with van der Waals surface area (Å²) in [5, 5.41) is 8.95. The summed E-state index contributed by atoms with van der Waals surface area (Å²) >= 11 is 0. The Morgan fingerprint density at radius 1 is 1.44 bits per heavy atom. The van der Waals surface area contributed by atoms with E-state index in [0.717, 1.165) is 5.69 Å². The number of rotatable bonds is 3. The van der Waals surface area contributed by atoms with Crippen LogP contribution in [0.25, 0.3) is 5.69 Å². The highest BCUT2D eigenvalue weighted by atomic mass is 16.5. The molecular weight excluding hydrogens is 228 g/mol. The van der Waals surface area contributed by atoms with Gasteiger partial charge in [0.05, 0.1) is 17.5 Å². The highest BCUT2D eigenvalue weighted by Gasteiger charge is 2.08. The molecule has 92 valence electrons. The van der Waals surface area contributed by atoms with Crippen LogP contribution < -0.4 is 10.5 Å². The van der Waals surface area contributed by atoms with E-state index >= 15 is 0 Å². The third-order valence-corrected chi connectivity index (χ3v) is 2.38. The van der Waals surface area contributed by atoms with Gasteiger partial charge in [-0.05, 0) is 26.0 Å². The number of nitrogens with two attached hydrogens (primary N) is 1. The number of hydrogen-bond donors (Lipinski definition) is 1. The lowest BCUT2D eigenvalue weighted by atomic mass is 10.2. The fraction of sp³-hybridized carbons (Fsp3) is 0.231. The fourth-order valence-electron chi connectivity index (χ4n) is 1.62. The molecule has 0 saturated heterocycles. The van der Waals surface area contributed by atoms with Crippen LogP contribution in [0.5, 0.6) is 5.75 Å². The quantitative estimate of drug-likeness (QED) is 0.836. The Labute approximate surface area is 105 Å². The molecule has 0 radical (unpaired) electrons. The zero-order valence-electron chi connectivity index (χ0n) is 10.3. The van der Waals surface area contributed by atoms with Crippen molar-refractivity contribution in [2.45, 2.75) is 20.0 Å². The maximum atomic E-state index is 8.95. The summed E-state index contributed by atoms with van der Waals surface area (Å²) < 4.78 is 7.30. The van der Waals surface area contributed by atoms with Crippen molar-refractivity contribution in [3.63, 3.8) is 0 Å². The minimum Gasteiger partial charge on any atom is -0.489 e. The van der Waals surface area contributed by atoms with Gasteiger partial charge in [0.15, 0.2) is 0 Å². The molecule has 1 heterocycles. The van der Waals surface area contributed by atoms with E-state index in [1.807, 2.05) is 26.0 Å². The number of nitrogen functional groups attached to an aromatic ring is 1. The van der Waals surface area contributed by atoms with Gasteiger partial charge in [-0.1, -0.05) is 0 Å². The normalized spacial score (nSPS) is 10.3.